The third-order valence-electron chi connectivity index (χ3n) is 2.32. The quantitative estimate of drug-likeness (QED) is 0.375. The van der Waals surface area contributed by atoms with Gasteiger partial charge in [0.2, 0.25) is 10.0 Å². The Bertz CT molecular complexity index is 489. The van der Waals surface area contributed by atoms with Crippen LogP contribution in [0.5, 0.6) is 0 Å². The van der Waals surface area contributed by atoms with E-state index in [-0.39, 0.29) is 11.4 Å². The summed E-state index contributed by atoms with van der Waals surface area (Å²) in [7, 11) is -3.58. The molecule has 0 saturated heterocycles. The summed E-state index contributed by atoms with van der Waals surface area (Å²) < 4.78 is 31.9. The first kappa shape index (κ1) is 15.9. The second kappa shape index (κ2) is 7.44. The number of rotatable bonds is 8. The summed E-state index contributed by atoms with van der Waals surface area (Å²) in [5.74, 6) is 5.72. The number of nitrogens with two attached hydrogens (primary N) is 1. The number of hydrogen-bond acceptors (Lipinski definition) is 5. The number of para-hydroxylation sites is 1. The summed E-state index contributed by atoms with van der Waals surface area (Å²) in [5.41, 5.74) is 2.73. The lowest BCUT2D eigenvalue weighted by Crippen LogP contribution is -2.29. The molecule has 1 aromatic carbocycles. The molecule has 7 heteroatoms. The summed E-state index contributed by atoms with van der Waals surface area (Å²) in [5, 5.41) is 0. The van der Waals surface area contributed by atoms with Crippen LogP contribution < -0.4 is 16.0 Å². The lowest BCUT2D eigenvalue weighted by Gasteiger charge is -2.11. The minimum absolute atomic E-state index is 0.126. The maximum Gasteiger partial charge on any atom is 0.242 e. The fourth-order valence-corrected chi connectivity index (χ4v) is 2.65. The number of benzene rings is 1. The summed E-state index contributed by atoms with van der Waals surface area (Å²) >= 11 is 0. The predicted octanol–water partition coefficient (Wildman–Crippen LogP) is 0.923. The average molecular weight is 287 g/mol. The third-order valence-corrected chi connectivity index (χ3v) is 3.84. The van der Waals surface area contributed by atoms with Gasteiger partial charge in [-0.1, -0.05) is 26.0 Å². The van der Waals surface area contributed by atoms with Gasteiger partial charge in [0, 0.05) is 13.2 Å². The van der Waals surface area contributed by atoms with E-state index in [1.807, 2.05) is 13.8 Å². The molecule has 4 N–H and O–H groups in total. The Morgan fingerprint density at radius 2 is 2.00 bits per heavy atom. The zero-order chi connectivity index (χ0) is 14.3. The number of anilines is 1. The van der Waals surface area contributed by atoms with Gasteiger partial charge in [-0.25, -0.2) is 13.1 Å². The van der Waals surface area contributed by atoms with Gasteiger partial charge in [-0.3, -0.25) is 5.84 Å². The number of sulfonamides is 1. The standard InChI is InChI=1S/C12H21N3O3S/c1-10(2)9-18-8-7-14-19(16,17)12-6-4-3-5-11(12)15-13/h3-6,10,14-15H,7-9,13H2,1-2H3. The van der Waals surface area contributed by atoms with Crippen LogP contribution in [0.15, 0.2) is 29.2 Å². The predicted molar refractivity (Wildman–Crippen MR) is 75.1 cm³/mol. The molecule has 0 aromatic heterocycles. The highest BCUT2D eigenvalue weighted by atomic mass is 32.2. The van der Waals surface area contributed by atoms with Crippen molar-refractivity contribution in [2.75, 3.05) is 25.2 Å². The summed E-state index contributed by atoms with van der Waals surface area (Å²) in [6.07, 6.45) is 0. The number of hydrazine groups is 1. The molecule has 0 aliphatic carbocycles. The van der Waals surface area contributed by atoms with E-state index < -0.39 is 10.0 Å². The second-order valence-electron chi connectivity index (χ2n) is 4.51. The summed E-state index contributed by atoms with van der Waals surface area (Å²) in [6, 6.07) is 6.45. The lowest BCUT2D eigenvalue weighted by atomic mass is 10.2. The molecule has 0 radical (unpaired) electrons. The Hall–Kier alpha value is -1.15. The van der Waals surface area contributed by atoms with E-state index in [4.69, 9.17) is 10.6 Å². The largest absolute Gasteiger partial charge is 0.380 e. The Morgan fingerprint density at radius 3 is 2.63 bits per heavy atom. The van der Waals surface area contributed by atoms with Crippen molar-refractivity contribution in [3.05, 3.63) is 24.3 Å². The van der Waals surface area contributed by atoms with E-state index >= 15 is 0 Å². The van der Waals surface area contributed by atoms with Crippen molar-refractivity contribution in [1.29, 1.82) is 0 Å². The fraction of sp³-hybridized carbons (Fsp3) is 0.500. The van der Waals surface area contributed by atoms with Crippen LogP contribution in [0.1, 0.15) is 13.8 Å². The van der Waals surface area contributed by atoms with Gasteiger partial charge in [0.1, 0.15) is 4.90 Å². The van der Waals surface area contributed by atoms with Crippen molar-refractivity contribution in [3.63, 3.8) is 0 Å². The third kappa shape index (κ3) is 5.15. The zero-order valence-corrected chi connectivity index (χ0v) is 12.0. The van der Waals surface area contributed by atoms with Crippen LogP contribution >= 0.6 is 0 Å². The molecule has 1 aromatic rings. The van der Waals surface area contributed by atoms with Crippen molar-refractivity contribution in [2.45, 2.75) is 18.7 Å². The minimum Gasteiger partial charge on any atom is -0.380 e. The number of hydrogen-bond donors (Lipinski definition) is 3. The van der Waals surface area contributed by atoms with Crippen molar-refractivity contribution < 1.29 is 13.2 Å². The van der Waals surface area contributed by atoms with Crippen molar-refractivity contribution >= 4 is 15.7 Å². The van der Waals surface area contributed by atoms with Gasteiger partial charge < -0.3 is 10.2 Å². The molecule has 108 valence electrons. The number of nitrogen functional groups attached to an aromatic ring is 1. The first-order valence-corrected chi connectivity index (χ1v) is 7.58. The highest BCUT2D eigenvalue weighted by Gasteiger charge is 2.16. The van der Waals surface area contributed by atoms with Gasteiger partial charge in [-0.15, -0.1) is 0 Å². The first-order valence-electron chi connectivity index (χ1n) is 6.10. The van der Waals surface area contributed by atoms with Crippen molar-refractivity contribution in [2.24, 2.45) is 11.8 Å². The van der Waals surface area contributed by atoms with E-state index in [1.165, 1.54) is 6.07 Å². The van der Waals surface area contributed by atoms with Crippen LogP contribution in [0.3, 0.4) is 0 Å². The van der Waals surface area contributed by atoms with Crippen molar-refractivity contribution in [3.8, 4) is 0 Å². The maximum atomic E-state index is 12.0. The minimum atomic E-state index is -3.58. The molecule has 0 unspecified atom stereocenters. The highest BCUT2D eigenvalue weighted by molar-refractivity contribution is 7.89. The molecule has 0 heterocycles. The van der Waals surface area contributed by atoms with Gasteiger partial charge in [-0.2, -0.15) is 0 Å². The van der Waals surface area contributed by atoms with Gasteiger partial charge in [0.05, 0.1) is 12.3 Å². The average Bonchev–Trinajstić information content (AvgIpc) is 2.37. The topological polar surface area (TPSA) is 93.4 Å². The molecule has 0 bridgehead atoms. The van der Waals surface area contributed by atoms with Crippen LogP contribution in [0, 0.1) is 5.92 Å². The molecular formula is C12H21N3O3S. The molecule has 0 atom stereocenters. The highest BCUT2D eigenvalue weighted by Crippen LogP contribution is 2.18. The number of nitrogens with one attached hydrogen (secondary N) is 2. The second-order valence-corrected chi connectivity index (χ2v) is 6.24. The lowest BCUT2D eigenvalue weighted by molar-refractivity contribution is 0.114. The molecule has 0 aliphatic rings. The Balaban J connectivity index is 2.56. The van der Waals surface area contributed by atoms with Crippen LogP contribution in [0.4, 0.5) is 5.69 Å². The van der Waals surface area contributed by atoms with E-state index in [0.29, 0.717) is 24.8 Å². The normalized spacial score (nSPS) is 11.8. The molecule has 0 spiro atoms. The van der Waals surface area contributed by atoms with Crippen molar-refractivity contribution in [1.82, 2.24) is 4.72 Å². The van der Waals surface area contributed by atoms with E-state index in [1.54, 1.807) is 18.2 Å². The van der Waals surface area contributed by atoms with E-state index in [2.05, 4.69) is 10.1 Å². The molecule has 1 rings (SSSR count). The van der Waals surface area contributed by atoms with E-state index in [9.17, 15) is 8.42 Å². The van der Waals surface area contributed by atoms with Crippen LogP contribution in [0.25, 0.3) is 0 Å². The molecule has 0 fully saturated rings. The monoisotopic (exact) mass is 287 g/mol. The fourth-order valence-electron chi connectivity index (χ4n) is 1.47. The first-order chi connectivity index (χ1) is 8.97. The van der Waals surface area contributed by atoms with Crippen LogP contribution in [-0.4, -0.2) is 28.2 Å². The molecule has 6 nitrogen and oxygen atoms in total. The molecule has 19 heavy (non-hydrogen) atoms. The maximum absolute atomic E-state index is 12.0. The van der Waals surface area contributed by atoms with Gasteiger partial charge in [-0.05, 0) is 18.1 Å². The summed E-state index contributed by atoms with van der Waals surface area (Å²) in [4.78, 5) is 0.126. The zero-order valence-electron chi connectivity index (χ0n) is 11.2. The molecule has 0 saturated carbocycles. The number of ether oxygens (including phenoxy) is 1. The Labute approximate surface area is 114 Å². The molecule has 0 aliphatic heterocycles. The Kier molecular flexibility index (Phi) is 6.23. The van der Waals surface area contributed by atoms with Gasteiger partial charge in [0.25, 0.3) is 0 Å². The van der Waals surface area contributed by atoms with E-state index in [0.717, 1.165) is 0 Å². The Morgan fingerprint density at radius 1 is 1.32 bits per heavy atom. The summed E-state index contributed by atoms with van der Waals surface area (Å²) in [6.45, 7) is 5.26. The molecule has 0 amide bonds. The van der Waals surface area contributed by atoms with Crippen LogP contribution in [0.2, 0.25) is 0 Å². The van der Waals surface area contributed by atoms with Gasteiger partial charge in [0.15, 0.2) is 0 Å². The SMILES string of the molecule is CC(C)COCCNS(=O)(=O)c1ccccc1NN. The smallest absolute Gasteiger partial charge is 0.242 e. The molecular weight excluding hydrogens is 266 g/mol. The van der Waals surface area contributed by atoms with Crippen LogP contribution in [-0.2, 0) is 14.8 Å². The van der Waals surface area contributed by atoms with Gasteiger partial charge >= 0.3 is 0 Å².